The van der Waals surface area contributed by atoms with Gasteiger partial charge in [0.05, 0.1) is 10.6 Å². The van der Waals surface area contributed by atoms with Crippen LogP contribution < -0.4 is 4.72 Å². The molecule has 0 aliphatic rings. The third-order valence-corrected chi connectivity index (χ3v) is 4.19. The first kappa shape index (κ1) is 14.5. The molecular weight excluding hydrogens is 304 g/mol. The van der Waals surface area contributed by atoms with Gasteiger partial charge >= 0.3 is 0 Å². The summed E-state index contributed by atoms with van der Waals surface area (Å²) in [6, 6.07) is 6.21. The Labute approximate surface area is 120 Å². The van der Waals surface area contributed by atoms with Crippen LogP contribution in [0.2, 0.25) is 5.02 Å². The van der Waals surface area contributed by atoms with E-state index in [9.17, 15) is 13.2 Å². The Morgan fingerprint density at radius 1 is 1.40 bits per heavy atom. The number of benzene rings is 1. The number of rotatable bonds is 4. The van der Waals surface area contributed by atoms with Crippen LogP contribution in [-0.4, -0.2) is 19.5 Å². The van der Waals surface area contributed by atoms with Crippen LogP contribution in [0.4, 0.5) is 0 Å². The molecular formula is C12H11ClN2O4S. The second-order valence-electron chi connectivity index (χ2n) is 4.12. The fourth-order valence-electron chi connectivity index (χ4n) is 1.56. The molecule has 6 nitrogen and oxygen atoms in total. The van der Waals surface area contributed by atoms with Crippen molar-refractivity contribution in [1.29, 1.82) is 0 Å². The number of nitrogens with one attached hydrogen (secondary N) is 1. The van der Waals surface area contributed by atoms with E-state index in [0.29, 0.717) is 5.56 Å². The molecule has 1 aromatic heterocycles. The zero-order valence-electron chi connectivity index (χ0n) is 10.5. The third-order valence-electron chi connectivity index (χ3n) is 2.51. The van der Waals surface area contributed by atoms with E-state index in [4.69, 9.17) is 11.6 Å². The Kier molecular flexibility index (Phi) is 4.10. The minimum Gasteiger partial charge on any atom is -0.364 e. The van der Waals surface area contributed by atoms with Crippen molar-refractivity contribution in [2.24, 2.45) is 0 Å². The molecule has 1 heterocycles. The number of hydrogen-bond acceptors (Lipinski definition) is 5. The number of aromatic nitrogens is 1. The second kappa shape index (κ2) is 5.64. The predicted octanol–water partition coefficient (Wildman–Crippen LogP) is 1.90. The van der Waals surface area contributed by atoms with E-state index in [2.05, 4.69) is 9.68 Å². The van der Waals surface area contributed by atoms with Crippen molar-refractivity contribution in [3.05, 3.63) is 52.4 Å². The van der Waals surface area contributed by atoms with Gasteiger partial charge in [0.1, 0.15) is 17.7 Å². The molecule has 2 rings (SSSR count). The van der Waals surface area contributed by atoms with Crippen LogP contribution in [0.5, 0.6) is 0 Å². The standard InChI is InChI=1S/C12H11ClN2O4S/c1-8-3-2-4-10(11(8)13)12(16)15-20(17,18)7-9-5-6-19-14-9/h2-6H,7H2,1H3,(H,15,16). The van der Waals surface area contributed by atoms with E-state index in [1.54, 1.807) is 19.1 Å². The van der Waals surface area contributed by atoms with Crippen molar-refractivity contribution < 1.29 is 17.7 Å². The van der Waals surface area contributed by atoms with Gasteiger partial charge in [-0.1, -0.05) is 28.9 Å². The van der Waals surface area contributed by atoms with Gasteiger partial charge < -0.3 is 4.52 Å². The smallest absolute Gasteiger partial charge is 0.266 e. The predicted molar refractivity (Wildman–Crippen MR) is 72.8 cm³/mol. The number of sulfonamides is 1. The van der Waals surface area contributed by atoms with E-state index in [-0.39, 0.29) is 16.3 Å². The van der Waals surface area contributed by atoms with E-state index >= 15 is 0 Å². The third kappa shape index (κ3) is 3.37. The Bertz CT molecular complexity index is 726. The van der Waals surface area contributed by atoms with Gasteiger partial charge in [0.2, 0.25) is 10.0 Å². The molecule has 0 saturated carbocycles. The lowest BCUT2D eigenvalue weighted by Gasteiger charge is -2.08. The fraction of sp³-hybridized carbons (Fsp3) is 0.167. The molecule has 0 spiro atoms. The number of halogens is 1. The summed E-state index contributed by atoms with van der Waals surface area (Å²) in [6.45, 7) is 1.73. The van der Waals surface area contributed by atoms with Gasteiger partial charge in [-0.25, -0.2) is 13.1 Å². The minimum atomic E-state index is -3.86. The molecule has 8 heteroatoms. The Balaban J connectivity index is 2.17. The monoisotopic (exact) mass is 314 g/mol. The lowest BCUT2D eigenvalue weighted by molar-refractivity contribution is 0.0981. The van der Waals surface area contributed by atoms with Crippen molar-refractivity contribution in [1.82, 2.24) is 9.88 Å². The quantitative estimate of drug-likeness (QED) is 0.931. The topological polar surface area (TPSA) is 89.3 Å². The molecule has 0 aliphatic heterocycles. The summed E-state index contributed by atoms with van der Waals surface area (Å²) in [7, 11) is -3.86. The molecule has 1 aromatic carbocycles. The van der Waals surface area contributed by atoms with E-state index in [1.165, 1.54) is 18.4 Å². The summed E-state index contributed by atoms with van der Waals surface area (Å²) < 4.78 is 30.1. The van der Waals surface area contributed by atoms with E-state index in [1.807, 2.05) is 4.72 Å². The lowest BCUT2D eigenvalue weighted by Crippen LogP contribution is -2.32. The molecule has 106 valence electrons. The normalized spacial score (nSPS) is 11.3. The first-order chi connectivity index (χ1) is 9.39. The molecule has 0 saturated heterocycles. The summed E-state index contributed by atoms with van der Waals surface area (Å²) in [5, 5.41) is 3.71. The average molecular weight is 315 g/mol. The molecule has 1 amide bonds. The molecule has 0 fully saturated rings. The molecule has 0 aliphatic carbocycles. The summed E-state index contributed by atoms with van der Waals surface area (Å²) in [5.41, 5.74) is 1.00. The number of carbonyl (C=O) groups is 1. The van der Waals surface area contributed by atoms with Gasteiger partial charge in [-0.2, -0.15) is 0 Å². The van der Waals surface area contributed by atoms with Crippen LogP contribution in [0.3, 0.4) is 0 Å². The van der Waals surface area contributed by atoms with Crippen LogP contribution in [0, 0.1) is 6.92 Å². The molecule has 0 bridgehead atoms. The zero-order chi connectivity index (χ0) is 14.8. The maximum atomic E-state index is 11.9. The Morgan fingerprint density at radius 3 is 2.80 bits per heavy atom. The summed E-state index contributed by atoms with van der Waals surface area (Å²) in [6.07, 6.45) is 1.25. The van der Waals surface area contributed by atoms with Crippen molar-refractivity contribution in [2.75, 3.05) is 0 Å². The minimum absolute atomic E-state index is 0.107. The van der Waals surface area contributed by atoms with Gasteiger partial charge in [0, 0.05) is 6.07 Å². The zero-order valence-corrected chi connectivity index (χ0v) is 12.0. The average Bonchev–Trinajstić information content (AvgIpc) is 2.83. The van der Waals surface area contributed by atoms with Crippen LogP contribution >= 0.6 is 11.6 Å². The SMILES string of the molecule is Cc1cccc(C(=O)NS(=O)(=O)Cc2ccon2)c1Cl. The fourth-order valence-corrected chi connectivity index (χ4v) is 2.78. The maximum absolute atomic E-state index is 11.9. The van der Waals surface area contributed by atoms with E-state index < -0.39 is 21.7 Å². The second-order valence-corrected chi connectivity index (χ2v) is 6.22. The van der Waals surface area contributed by atoms with Gasteiger partial charge in [0.25, 0.3) is 5.91 Å². The van der Waals surface area contributed by atoms with Gasteiger partial charge in [-0.3, -0.25) is 4.79 Å². The number of amides is 1. The van der Waals surface area contributed by atoms with Crippen molar-refractivity contribution in [3.63, 3.8) is 0 Å². The highest BCUT2D eigenvalue weighted by molar-refractivity contribution is 7.89. The number of carbonyl (C=O) groups excluding carboxylic acids is 1. The molecule has 1 N–H and O–H groups in total. The van der Waals surface area contributed by atoms with Crippen LogP contribution in [0.1, 0.15) is 21.6 Å². The molecule has 20 heavy (non-hydrogen) atoms. The van der Waals surface area contributed by atoms with Crippen LogP contribution in [0.15, 0.2) is 35.1 Å². The van der Waals surface area contributed by atoms with Crippen molar-refractivity contribution in [2.45, 2.75) is 12.7 Å². The molecule has 0 atom stereocenters. The number of aryl methyl sites for hydroxylation is 1. The van der Waals surface area contributed by atoms with Gasteiger partial charge in [-0.15, -0.1) is 0 Å². The Morgan fingerprint density at radius 2 is 2.15 bits per heavy atom. The van der Waals surface area contributed by atoms with Crippen molar-refractivity contribution in [3.8, 4) is 0 Å². The summed E-state index contributed by atoms with van der Waals surface area (Å²) >= 11 is 5.98. The highest BCUT2D eigenvalue weighted by Crippen LogP contribution is 2.20. The first-order valence-corrected chi connectivity index (χ1v) is 7.61. The maximum Gasteiger partial charge on any atom is 0.266 e. The largest absolute Gasteiger partial charge is 0.364 e. The molecule has 2 aromatic rings. The van der Waals surface area contributed by atoms with Gasteiger partial charge in [-0.05, 0) is 18.6 Å². The van der Waals surface area contributed by atoms with E-state index in [0.717, 1.165) is 0 Å². The number of hydrogen-bond donors (Lipinski definition) is 1. The first-order valence-electron chi connectivity index (χ1n) is 5.58. The molecule has 0 radical (unpaired) electrons. The van der Waals surface area contributed by atoms with Crippen LogP contribution in [-0.2, 0) is 15.8 Å². The highest BCUT2D eigenvalue weighted by Gasteiger charge is 2.20. The van der Waals surface area contributed by atoms with Crippen molar-refractivity contribution >= 4 is 27.5 Å². The van der Waals surface area contributed by atoms with Crippen LogP contribution in [0.25, 0.3) is 0 Å². The van der Waals surface area contributed by atoms with Gasteiger partial charge in [0.15, 0.2) is 0 Å². The molecule has 0 unspecified atom stereocenters. The highest BCUT2D eigenvalue weighted by atomic mass is 35.5. The number of nitrogens with zero attached hydrogens (tertiary/aromatic N) is 1. The summed E-state index contributed by atoms with van der Waals surface area (Å²) in [5.74, 6) is -1.22. The summed E-state index contributed by atoms with van der Waals surface area (Å²) in [4.78, 5) is 11.9. The lowest BCUT2D eigenvalue weighted by atomic mass is 10.1. The Hall–Kier alpha value is -1.86.